The van der Waals surface area contributed by atoms with Crippen molar-refractivity contribution in [2.75, 3.05) is 19.7 Å². The maximum Gasteiger partial charge on any atom is 0.289 e. The number of hydrogen-bond acceptors (Lipinski definition) is 5. The Bertz CT molecular complexity index is 635. The van der Waals surface area contributed by atoms with Gasteiger partial charge in [0.25, 0.3) is 5.91 Å². The number of Topliss-reactive ketones (excluding diaryl/α,β-unsaturated/α-hetero) is 1. The van der Waals surface area contributed by atoms with Gasteiger partial charge in [0.2, 0.25) is 18.1 Å². The van der Waals surface area contributed by atoms with Crippen LogP contribution in [0.4, 0.5) is 0 Å². The topological polar surface area (TPSA) is 114 Å². The molecule has 140 valence electrons. The highest BCUT2D eigenvalue weighted by molar-refractivity contribution is 6.38. The molecule has 1 aromatic rings. The first-order valence-electron chi connectivity index (χ1n) is 8.53. The molecule has 1 saturated heterocycles. The summed E-state index contributed by atoms with van der Waals surface area (Å²) in [5.41, 5.74) is 1.01. The summed E-state index contributed by atoms with van der Waals surface area (Å²) in [6.45, 7) is 1.38. The molecule has 0 aromatic heterocycles. The van der Waals surface area contributed by atoms with Gasteiger partial charge in [0.1, 0.15) is 0 Å². The molecule has 8 heteroatoms. The summed E-state index contributed by atoms with van der Waals surface area (Å²) < 4.78 is 5.43. The number of nitrogens with one attached hydrogen (secondary N) is 3. The van der Waals surface area contributed by atoms with Crippen molar-refractivity contribution >= 4 is 24.0 Å². The third-order valence-electron chi connectivity index (χ3n) is 4.14. The van der Waals surface area contributed by atoms with Crippen LogP contribution in [-0.2, 0) is 30.5 Å². The molecule has 0 bridgehead atoms. The Labute approximate surface area is 151 Å². The van der Waals surface area contributed by atoms with Crippen LogP contribution in [0.5, 0.6) is 0 Å². The summed E-state index contributed by atoms with van der Waals surface area (Å²) in [5.74, 6) is -2.10. The molecule has 8 nitrogen and oxygen atoms in total. The van der Waals surface area contributed by atoms with Crippen LogP contribution < -0.4 is 16.0 Å². The number of ether oxygens (including phenoxy) is 1. The van der Waals surface area contributed by atoms with Crippen molar-refractivity contribution in [2.45, 2.75) is 25.5 Å². The lowest BCUT2D eigenvalue weighted by Crippen LogP contribution is -2.47. The fourth-order valence-corrected chi connectivity index (χ4v) is 2.73. The van der Waals surface area contributed by atoms with Crippen molar-refractivity contribution in [3.63, 3.8) is 0 Å². The summed E-state index contributed by atoms with van der Waals surface area (Å²) in [4.78, 5) is 46.5. The van der Waals surface area contributed by atoms with Gasteiger partial charge in [-0.25, -0.2) is 0 Å². The van der Waals surface area contributed by atoms with Gasteiger partial charge in [-0.1, -0.05) is 30.3 Å². The van der Waals surface area contributed by atoms with E-state index >= 15 is 0 Å². The summed E-state index contributed by atoms with van der Waals surface area (Å²) in [5, 5.41) is 7.47. The molecule has 0 radical (unpaired) electrons. The van der Waals surface area contributed by atoms with Gasteiger partial charge >= 0.3 is 0 Å². The van der Waals surface area contributed by atoms with Gasteiger partial charge in [-0.15, -0.1) is 0 Å². The minimum absolute atomic E-state index is 0.112. The van der Waals surface area contributed by atoms with Gasteiger partial charge in [0, 0.05) is 19.0 Å². The molecule has 1 heterocycles. The van der Waals surface area contributed by atoms with E-state index in [9.17, 15) is 19.2 Å². The van der Waals surface area contributed by atoms with Crippen molar-refractivity contribution in [2.24, 2.45) is 5.92 Å². The zero-order chi connectivity index (χ0) is 18.8. The second-order valence-corrected chi connectivity index (χ2v) is 6.01. The monoisotopic (exact) mass is 361 g/mol. The van der Waals surface area contributed by atoms with E-state index in [1.807, 2.05) is 30.3 Å². The average Bonchev–Trinajstić information content (AvgIpc) is 3.06. The number of ketones is 1. The third kappa shape index (κ3) is 5.96. The highest BCUT2D eigenvalue weighted by Crippen LogP contribution is 2.16. The van der Waals surface area contributed by atoms with Gasteiger partial charge < -0.3 is 20.7 Å². The molecule has 3 N–H and O–H groups in total. The van der Waals surface area contributed by atoms with Crippen molar-refractivity contribution in [3.8, 4) is 0 Å². The number of carbonyl (C=O) groups is 4. The standard InChI is InChI=1S/C18H23N3O5/c22-12-21-15(10-14-6-7-19-17(14)24)16(23)18(25)20-8-9-26-11-13-4-2-1-3-5-13/h1-5,12,14-15H,6-11H2,(H,19,24)(H,20,25)(H,21,22)/t14-,15-/m0/s1. The predicted molar refractivity (Wildman–Crippen MR) is 92.8 cm³/mol. The molecule has 0 saturated carbocycles. The highest BCUT2D eigenvalue weighted by atomic mass is 16.5. The molecule has 0 spiro atoms. The summed E-state index contributed by atoms with van der Waals surface area (Å²) in [6.07, 6.45) is 1.06. The molecule has 0 aliphatic carbocycles. The van der Waals surface area contributed by atoms with Crippen molar-refractivity contribution in [1.82, 2.24) is 16.0 Å². The smallest absolute Gasteiger partial charge is 0.289 e. The van der Waals surface area contributed by atoms with Crippen LogP contribution in [-0.4, -0.2) is 49.7 Å². The van der Waals surface area contributed by atoms with Crippen LogP contribution in [0.25, 0.3) is 0 Å². The molecule has 2 rings (SSSR count). The number of rotatable bonds is 11. The molecule has 2 atom stereocenters. The van der Waals surface area contributed by atoms with Crippen molar-refractivity contribution in [1.29, 1.82) is 0 Å². The van der Waals surface area contributed by atoms with E-state index in [0.29, 0.717) is 26.0 Å². The van der Waals surface area contributed by atoms with Crippen molar-refractivity contribution in [3.05, 3.63) is 35.9 Å². The number of carbonyl (C=O) groups excluding carboxylic acids is 4. The third-order valence-corrected chi connectivity index (χ3v) is 4.14. The van der Waals surface area contributed by atoms with Crippen LogP contribution in [0, 0.1) is 5.92 Å². The van der Waals surface area contributed by atoms with Crippen LogP contribution in [0.1, 0.15) is 18.4 Å². The largest absolute Gasteiger partial charge is 0.375 e. The Kier molecular flexibility index (Phi) is 7.75. The van der Waals surface area contributed by atoms with Crippen LogP contribution >= 0.6 is 0 Å². The van der Waals surface area contributed by atoms with Gasteiger partial charge in [-0.3, -0.25) is 19.2 Å². The Morgan fingerprint density at radius 3 is 2.73 bits per heavy atom. The zero-order valence-corrected chi connectivity index (χ0v) is 14.4. The van der Waals surface area contributed by atoms with E-state index in [1.165, 1.54) is 0 Å². The summed E-state index contributed by atoms with van der Waals surface area (Å²) in [7, 11) is 0. The fourth-order valence-electron chi connectivity index (χ4n) is 2.73. The molecule has 1 aromatic carbocycles. The first kappa shape index (κ1) is 19.6. The predicted octanol–water partition coefficient (Wildman–Crippen LogP) is -0.471. The molecule has 1 aliphatic heterocycles. The second kappa shape index (κ2) is 10.3. The van der Waals surface area contributed by atoms with Gasteiger partial charge in [0.05, 0.1) is 19.3 Å². The van der Waals surface area contributed by atoms with E-state index in [-0.39, 0.29) is 31.4 Å². The van der Waals surface area contributed by atoms with E-state index in [2.05, 4.69) is 16.0 Å². The average molecular weight is 361 g/mol. The number of benzene rings is 1. The zero-order valence-electron chi connectivity index (χ0n) is 14.4. The lowest BCUT2D eigenvalue weighted by molar-refractivity contribution is -0.140. The van der Waals surface area contributed by atoms with Gasteiger partial charge in [-0.05, 0) is 18.4 Å². The first-order chi connectivity index (χ1) is 12.6. The van der Waals surface area contributed by atoms with Crippen LogP contribution in [0.15, 0.2) is 30.3 Å². The quantitative estimate of drug-likeness (QED) is 0.280. The second-order valence-electron chi connectivity index (χ2n) is 6.01. The molecule has 0 unspecified atom stereocenters. The van der Waals surface area contributed by atoms with E-state index in [1.54, 1.807) is 0 Å². The summed E-state index contributed by atoms with van der Waals surface area (Å²) in [6, 6.07) is 8.57. The fraction of sp³-hybridized carbons (Fsp3) is 0.444. The Balaban J connectivity index is 1.72. The SMILES string of the molecule is O=CN[C@@H](C[C@@H]1CCNC1=O)C(=O)C(=O)NCCOCc1ccccc1. The maximum absolute atomic E-state index is 12.2. The van der Waals surface area contributed by atoms with Crippen molar-refractivity contribution < 1.29 is 23.9 Å². The van der Waals surface area contributed by atoms with Gasteiger partial charge in [0.15, 0.2) is 0 Å². The minimum Gasteiger partial charge on any atom is -0.375 e. The van der Waals surface area contributed by atoms with Gasteiger partial charge in [-0.2, -0.15) is 0 Å². The molecular weight excluding hydrogens is 338 g/mol. The molecule has 1 fully saturated rings. The molecule has 26 heavy (non-hydrogen) atoms. The number of amides is 3. The molecule has 1 aliphatic rings. The highest BCUT2D eigenvalue weighted by Gasteiger charge is 2.32. The first-order valence-corrected chi connectivity index (χ1v) is 8.53. The normalized spacial score (nSPS) is 17.2. The lowest BCUT2D eigenvalue weighted by atomic mass is 9.95. The molecule has 3 amide bonds. The van der Waals surface area contributed by atoms with Crippen LogP contribution in [0.3, 0.4) is 0 Å². The Hall–Kier alpha value is -2.74. The van der Waals surface area contributed by atoms with E-state index in [4.69, 9.17) is 4.74 Å². The maximum atomic E-state index is 12.2. The van der Waals surface area contributed by atoms with E-state index < -0.39 is 17.7 Å². The minimum atomic E-state index is -1.01. The van der Waals surface area contributed by atoms with Crippen LogP contribution in [0.2, 0.25) is 0 Å². The van der Waals surface area contributed by atoms with E-state index in [0.717, 1.165) is 5.56 Å². The number of hydrogen-bond donors (Lipinski definition) is 3. The lowest BCUT2D eigenvalue weighted by Gasteiger charge is -2.17. The summed E-state index contributed by atoms with van der Waals surface area (Å²) >= 11 is 0. The molecular formula is C18H23N3O5. The Morgan fingerprint density at radius 1 is 1.31 bits per heavy atom. The Morgan fingerprint density at radius 2 is 2.08 bits per heavy atom.